The lowest BCUT2D eigenvalue weighted by Crippen LogP contribution is -2.59. The van der Waals surface area contributed by atoms with Crippen LogP contribution in [0.2, 0.25) is 0 Å². The number of nitrogens with two attached hydrogens (primary N) is 2. The van der Waals surface area contributed by atoms with Gasteiger partial charge in [0, 0.05) is 0 Å². The van der Waals surface area contributed by atoms with Crippen molar-refractivity contribution in [3.05, 3.63) is 0 Å². The number of aliphatic carboxylic acids is 1. The van der Waals surface area contributed by atoms with Crippen LogP contribution in [0.5, 0.6) is 0 Å². The number of hydrogen-bond acceptors (Lipinski definition) is 8. The third-order valence-electron chi connectivity index (χ3n) is 5.39. The van der Waals surface area contributed by atoms with Crippen LogP contribution in [0.15, 0.2) is 0 Å². The fourth-order valence-electron chi connectivity index (χ4n) is 3.00. The minimum absolute atomic E-state index is 0.310. The first kappa shape index (κ1) is 31.1. The topological polar surface area (TPSA) is 197 Å². The number of aliphatic hydroxyl groups is 1. The maximum absolute atomic E-state index is 13.1. The van der Waals surface area contributed by atoms with Crippen LogP contribution in [0.25, 0.3) is 0 Å². The second-order valence-electron chi connectivity index (χ2n) is 8.17. The van der Waals surface area contributed by atoms with E-state index in [2.05, 4.69) is 16.0 Å². The smallest absolute Gasteiger partial charge is 0.328 e. The van der Waals surface area contributed by atoms with Crippen molar-refractivity contribution in [3.8, 4) is 0 Å². The van der Waals surface area contributed by atoms with Gasteiger partial charge in [-0.1, -0.05) is 20.3 Å². The van der Waals surface area contributed by atoms with Crippen LogP contribution in [0.1, 0.15) is 52.9 Å². The van der Waals surface area contributed by atoms with Gasteiger partial charge in [0.1, 0.15) is 12.1 Å². The van der Waals surface area contributed by atoms with E-state index in [1.807, 2.05) is 13.2 Å². The predicted octanol–water partition coefficient (Wildman–Crippen LogP) is -0.838. The molecule has 0 aliphatic rings. The van der Waals surface area contributed by atoms with Crippen molar-refractivity contribution in [2.24, 2.45) is 17.4 Å². The highest BCUT2D eigenvalue weighted by atomic mass is 32.2. The van der Waals surface area contributed by atoms with E-state index in [4.69, 9.17) is 11.5 Å². The fourth-order valence-corrected chi connectivity index (χ4v) is 3.49. The molecule has 11 nitrogen and oxygen atoms in total. The van der Waals surface area contributed by atoms with E-state index in [1.54, 1.807) is 18.7 Å². The van der Waals surface area contributed by atoms with E-state index in [-0.39, 0.29) is 5.92 Å². The Morgan fingerprint density at radius 3 is 2.03 bits per heavy atom. The minimum atomic E-state index is -1.52. The normalized spacial score (nSPS) is 16.6. The average Bonchev–Trinajstić information content (AvgIpc) is 2.77. The zero-order chi connectivity index (χ0) is 25.6. The molecule has 0 aliphatic heterocycles. The molecule has 12 heteroatoms. The van der Waals surface area contributed by atoms with Crippen LogP contribution < -0.4 is 27.4 Å². The molecule has 0 radical (unpaired) electrons. The number of rotatable bonds is 17. The summed E-state index contributed by atoms with van der Waals surface area (Å²) in [4.78, 5) is 49.7. The minimum Gasteiger partial charge on any atom is -0.480 e. The highest BCUT2D eigenvalue weighted by Crippen LogP contribution is 2.11. The van der Waals surface area contributed by atoms with Gasteiger partial charge in [-0.2, -0.15) is 11.8 Å². The molecule has 0 aromatic rings. The molecular formula is C21H41N5O6S. The van der Waals surface area contributed by atoms with Crippen molar-refractivity contribution in [1.29, 1.82) is 0 Å². The molecule has 0 saturated carbocycles. The largest absolute Gasteiger partial charge is 0.480 e. The number of unbranched alkanes of at least 4 members (excludes halogenated alkanes) is 1. The van der Waals surface area contributed by atoms with Crippen molar-refractivity contribution in [2.45, 2.75) is 83.1 Å². The summed E-state index contributed by atoms with van der Waals surface area (Å²) in [6, 6.07) is -4.26. The highest BCUT2D eigenvalue weighted by Gasteiger charge is 2.33. The molecular weight excluding hydrogens is 450 g/mol. The molecule has 0 aliphatic carbocycles. The van der Waals surface area contributed by atoms with Gasteiger partial charge in [-0.15, -0.1) is 0 Å². The Morgan fingerprint density at radius 1 is 0.939 bits per heavy atom. The standard InChI is InChI=1S/C21H41N5O6S/c1-5-12(2)16(20(30)26-17(13(3)27)21(31)32)25-19(29)15(8-6-7-10-22)24-18(28)14(23)9-11-33-4/h12-17,27H,5-11,22-23H2,1-4H3,(H,24,28)(H,25,29)(H,26,30)(H,31,32). The van der Waals surface area contributed by atoms with E-state index in [0.717, 1.165) is 0 Å². The van der Waals surface area contributed by atoms with E-state index in [1.165, 1.54) is 6.92 Å². The second kappa shape index (κ2) is 16.7. The lowest BCUT2D eigenvalue weighted by atomic mass is 9.96. The molecule has 0 aromatic heterocycles. The number of carboxylic acids is 1. The van der Waals surface area contributed by atoms with Gasteiger partial charge in [-0.25, -0.2) is 4.79 Å². The Hall–Kier alpha value is -1.89. The van der Waals surface area contributed by atoms with Gasteiger partial charge < -0.3 is 37.6 Å². The Kier molecular flexibility index (Phi) is 15.7. The number of carbonyl (C=O) groups is 4. The molecule has 6 atom stereocenters. The highest BCUT2D eigenvalue weighted by molar-refractivity contribution is 7.98. The van der Waals surface area contributed by atoms with Gasteiger partial charge in [0.2, 0.25) is 17.7 Å². The van der Waals surface area contributed by atoms with Gasteiger partial charge in [-0.05, 0) is 57.1 Å². The first-order valence-corrected chi connectivity index (χ1v) is 12.7. The zero-order valence-electron chi connectivity index (χ0n) is 20.0. The number of nitrogens with one attached hydrogen (secondary N) is 3. The molecule has 6 unspecified atom stereocenters. The van der Waals surface area contributed by atoms with E-state index >= 15 is 0 Å². The van der Waals surface area contributed by atoms with Gasteiger partial charge in [0.15, 0.2) is 6.04 Å². The van der Waals surface area contributed by atoms with Crippen LogP contribution in [0, 0.1) is 5.92 Å². The Bertz CT molecular complexity index is 636. The lowest BCUT2D eigenvalue weighted by molar-refractivity contribution is -0.145. The quantitative estimate of drug-likeness (QED) is 0.127. The summed E-state index contributed by atoms with van der Waals surface area (Å²) >= 11 is 1.56. The first-order chi connectivity index (χ1) is 15.5. The molecule has 9 N–H and O–H groups in total. The van der Waals surface area contributed by atoms with Gasteiger partial charge in [0.25, 0.3) is 0 Å². The predicted molar refractivity (Wildman–Crippen MR) is 128 cm³/mol. The Morgan fingerprint density at radius 2 is 1.55 bits per heavy atom. The molecule has 33 heavy (non-hydrogen) atoms. The number of carboxylic acid groups (broad SMARTS) is 1. The molecule has 0 rings (SSSR count). The summed E-state index contributed by atoms with van der Waals surface area (Å²) in [5.41, 5.74) is 11.5. The molecule has 0 fully saturated rings. The van der Waals surface area contributed by atoms with Crippen LogP contribution in [0.3, 0.4) is 0 Å². The van der Waals surface area contributed by atoms with Crippen molar-refractivity contribution in [2.75, 3.05) is 18.6 Å². The van der Waals surface area contributed by atoms with Gasteiger partial charge in [0.05, 0.1) is 12.1 Å². The summed E-state index contributed by atoms with van der Waals surface area (Å²) in [6.07, 6.45) is 3.10. The summed E-state index contributed by atoms with van der Waals surface area (Å²) in [7, 11) is 0. The zero-order valence-corrected chi connectivity index (χ0v) is 20.8. The lowest BCUT2D eigenvalue weighted by Gasteiger charge is -2.28. The summed E-state index contributed by atoms with van der Waals surface area (Å²) in [6.45, 7) is 5.25. The first-order valence-electron chi connectivity index (χ1n) is 11.3. The Labute approximate surface area is 200 Å². The van der Waals surface area contributed by atoms with Crippen molar-refractivity contribution < 1.29 is 29.4 Å². The van der Waals surface area contributed by atoms with Crippen LogP contribution in [-0.2, 0) is 19.2 Å². The number of amides is 3. The SMILES string of the molecule is CCC(C)C(NC(=O)C(CCCCN)NC(=O)C(N)CCSC)C(=O)NC(C(=O)O)C(C)O. The van der Waals surface area contributed by atoms with Crippen LogP contribution in [0.4, 0.5) is 0 Å². The molecule has 192 valence electrons. The monoisotopic (exact) mass is 491 g/mol. The van der Waals surface area contributed by atoms with E-state index < -0.39 is 54.0 Å². The average molecular weight is 492 g/mol. The van der Waals surface area contributed by atoms with Crippen LogP contribution in [-0.4, -0.2) is 82.7 Å². The third kappa shape index (κ3) is 11.7. The number of carbonyl (C=O) groups excluding carboxylic acids is 3. The molecule has 0 aromatic carbocycles. The van der Waals surface area contributed by atoms with Crippen LogP contribution >= 0.6 is 11.8 Å². The fraction of sp³-hybridized carbons (Fsp3) is 0.810. The number of thioether (sulfide) groups is 1. The van der Waals surface area contributed by atoms with E-state index in [9.17, 15) is 29.4 Å². The van der Waals surface area contributed by atoms with Crippen molar-refractivity contribution in [3.63, 3.8) is 0 Å². The maximum atomic E-state index is 13.1. The summed E-state index contributed by atoms with van der Waals surface area (Å²) in [5, 5.41) is 26.5. The van der Waals surface area contributed by atoms with Crippen molar-refractivity contribution in [1.82, 2.24) is 16.0 Å². The van der Waals surface area contributed by atoms with Gasteiger partial charge >= 0.3 is 5.97 Å². The summed E-state index contributed by atoms with van der Waals surface area (Å²) < 4.78 is 0. The number of hydrogen-bond donors (Lipinski definition) is 7. The molecule has 0 spiro atoms. The molecule has 3 amide bonds. The summed E-state index contributed by atoms with van der Waals surface area (Å²) in [5.74, 6) is -2.78. The second-order valence-corrected chi connectivity index (χ2v) is 9.16. The molecule has 0 heterocycles. The van der Waals surface area contributed by atoms with E-state index in [0.29, 0.717) is 44.4 Å². The Balaban J connectivity index is 5.50. The molecule has 0 saturated heterocycles. The number of aliphatic hydroxyl groups excluding tert-OH is 1. The third-order valence-corrected chi connectivity index (χ3v) is 6.03. The molecule has 0 bridgehead atoms. The maximum Gasteiger partial charge on any atom is 0.328 e. The van der Waals surface area contributed by atoms with Crippen molar-refractivity contribution >= 4 is 35.5 Å². The van der Waals surface area contributed by atoms with Gasteiger partial charge in [-0.3, -0.25) is 14.4 Å².